The second kappa shape index (κ2) is 10.6. The van der Waals surface area contributed by atoms with Gasteiger partial charge >= 0.3 is 0 Å². The number of hydrogen-bond donors (Lipinski definition) is 2. The minimum atomic E-state index is -0.709. The summed E-state index contributed by atoms with van der Waals surface area (Å²) in [4.78, 5) is 4.34. The quantitative estimate of drug-likeness (QED) is 0.576. The topological polar surface area (TPSA) is 62.7 Å². The molecular formula is C19H31N3O2S. The first-order valence-corrected chi connectivity index (χ1v) is 10.5. The van der Waals surface area contributed by atoms with Crippen molar-refractivity contribution in [3.63, 3.8) is 0 Å². The predicted molar refractivity (Wildman–Crippen MR) is 105 cm³/mol. The third-order valence-electron chi connectivity index (χ3n) is 4.76. The van der Waals surface area contributed by atoms with Crippen LogP contribution in [-0.2, 0) is 15.5 Å². The summed E-state index contributed by atoms with van der Waals surface area (Å²) in [6.45, 7) is 2.65. The van der Waals surface area contributed by atoms with Crippen LogP contribution in [0.5, 0.6) is 0 Å². The van der Waals surface area contributed by atoms with E-state index in [1.54, 1.807) is 14.2 Å². The monoisotopic (exact) mass is 365 g/mol. The number of guanidine groups is 1. The van der Waals surface area contributed by atoms with E-state index >= 15 is 0 Å². The molecule has 0 amide bonds. The number of ether oxygens (including phenoxy) is 1. The summed E-state index contributed by atoms with van der Waals surface area (Å²) >= 11 is 0. The van der Waals surface area contributed by atoms with Gasteiger partial charge in [0.15, 0.2) is 5.96 Å². The molecule has 1 aliphatic rings. The maximum Gasteiger partial charge on any atom is 0.191 e. The van der Waals surface area contributed by atoms with Gasteiger partial charge in [-0.15, -0.1) is 0 Å². The van der Waals surface area contributed by atoms with Gasteiger partial charge in [-0.05, 0) is 24.8 Å². The number of benzene rings is 1. The summed E-state index contributed by atoms with van der Waals surface area (Å²) in [6, 6.07) is 10.5. The largest absolute Gasteiger partial charge is 0.375 e. The zero-order valence-electron chi connectivity index (χ0n) is 15.5. The van der Waals surface area contributed by atoms with Crippen molar-refractivity contribution in [3.8, 4) is 0 Å². The summed E-state index contributed by atoms with van der Waals surface area (Å²) in [6.07, 6.45) is 4.23. The fourth-order valence-corrected chi connectivity index (χ4v) is 4.68. The second-order valence-corrected chi connectivity index (χ2v) is 8.39. The molecule has 0 saturated heterocycles. The van der Waals surface area contributed by atoms with Crippen molar-refractivity contribution >= 4 is 16.8 Å². The van der Waals surface area contributed by atoms with E-state index in [1.807, 2.05) is 25.1 Å². The molecule has 4 unspecified atom stereocenters. The minimum absolute atomic E-state index is 0.0218. The highest BCUT2D eigenvalue weighted by atomic mass is 32.2. The van der Waals surface area contributed by atoms with E-state index in [9.17, 15) is 4.21 Å². The molecule has 25 heavy (non-hydrogen) atoms. The first-order chi connectivity index (χ1) is 12.2. The van der Waals surface area contributed by atoms with Crippen LogP contribution < -0.4 is 10.6 Å². The first kappa shape index (κ1) is 19.9. The minimum Gasteiger partial charge on any atom is -0.375 e. The van der Waals surface area contributed by atoms with Gasteiger partial charge in [0.05, 0.1) is 6.10 Å². The summed E-state index contributed by atoms with van der Waals surface area (Å²) in [7, 11) is 2.80. The molecule has 0 radical (unpaired) electrons. The van der Waals surface area contributed by atoms with E-state index in [-0.39, 0.29) is 6.10 Å². The lowest BCUT2D eigenvalue weighted by Crippen LogP contribution is -2.47. The van der Waals surface area contributed by atoms with Crippen molar-refractivity contribution in [1.29, 1.82) is 0 Å². The van der Waals surface area contributed by atoms with Gasteiger partial charge < -0.3 is 15.4 Å². The van der Waals surface area contributed by atoms with Crippen LogP contribution >= 0.6 is 0 Å². The molecule has 0 bridgehead atoms. The summed E-state index contributed by atoms with van der Waals surface area (Å²) in [5.41, 5.74) is 1.14. The van der Waals surface area contributed by atoms with E-state index < -0.39 is 10.8 Å². The Balaban J connectivity index is 1.87. The van der Waals surface area contributed by atoms with Gasteiger partial charge in [0, 0.05) is 48.5 Å². The molecule has 1 fully saturated rings. The SMILES string of the molecule is CCS(=O)C1CCCC(NC(=NC)NCC(OC)c2ccccc2)C1. The lowest BCUT2D eigenvalue weighted by Gasteiger charge is -2.30. The van der Waals surface area contributed by atoms with Gasteiger partial charge in [-0.3, -0.25) is 9.20 Å². The lowest BCUT2D eigenvalue weighted by molar-refractivity contribution is 0.106. The Morgan fingerprint density at radius 3 is 2.76 bits per heavy atom. The molecule has 6 heteroatoms. The Morgan fingerprint density at radius 2 is 2.12 bits per heavy atom. The Labute approximate surface area is 154 Å². The predicted octanol–water partition coefficient (Wildman–Crippen LogP) is 2.62. The van der Waals surface area contributed by atoms with Crippen LogP contribution in [0.2, 0.25) is 0 Å². The molecule has 140 valence electrons. The normalized spacial score (nSPS) is 23.7. The number of methoxy groups -OCH3 is 1. The van der Waals surface area contributed by atoms with E-state index in [4.69, 9.17) is 4.74 Å². The average molecular weight is 366 g/mol. The number of nitrogens with zero attached hydrogens (tertiary/aromatic N) is 1. The standard InChI is InChI=1S/C19H31N3O2S/c1-4-25(23)17-12-8-11-16(13-17)22-19(20-2)21-14-18(24-3)15-9-6-5-7-10-15/h5-7,9-10,16-18H,4,8,11-14H2,1-3H3,(H2,20,21,22). The van der Waals surface area contributed by atoms with Crippen molar-refractivity contribution < 1.29 is 8.95 Å². The Hall–Kier alpha value is -1.40. The summed E-state index contributed by atoms with van der Waals surface area (Å²) in [5, 5.41) is 7.17. The zero-order valence-corrected chi connectivity index (χ0v) is 16.3. The van der Waals surface area contributed by atoms with E-state index in [0.29, 0.717) is 17.8 Å². The molecule has 0 heterocycles. The molecule has 1 aromatic carbocycles. The van der Waals surface area contributed by atoms with Gasteiger partial charge in [0.1, 0.15) is 0 Å². The van der Waals surface area contributed by atoms with Gasteiger partial charge in [-0.1, -0.05) is 43.7 Å². The van der Waals surface area contributed by atoms with Gasteiger partial charge in [0.2, 0.25) is 0 Å². The van der Waals surface area contributed by atoms with Crippen LogP contribution in [0.15, 0.2) is 35.3 Å². The van der Waals surface area contributed by atoms with Gasteiger partial charge in [0.25, 0.3) is 0 Å². The van der Waals surface area contributed by atoms with Crippen LogP contribution in [0.25, 0.3) is 0 Å². The number of aliphatic imine (C=N–C) groups is 1. The summed E-state index contributed by atoms with van der Waals surface area (Å²) < 4.78 is 17.7. The van der Waals surface area contributed by atoms with E-state index in [0.717, 1.165) is 43.0 Å². The fraction of sp³-hybridized carbons (Fsp3) is 0.632. The highest BCUT2D eigenvalue weighted by Crippen LogP contribution is 2.23. The van der Waals surface area contributed by atoms with Gasteiger partial charge in [-0.2, -0.15) is 0 Å². The van der Waals surface area contributed by atoms with Crippen LogP contribution in [0, 0.1) is 0 Å². The second-order valence-electron chi connectivity index (χ2n) is 6.39. The molecule has 4 atom stereocenters. The molecule has 1 saturated carbocycles. The molecule has 0 aliphatic heterocycles. The van der Waals surface area contributed by atoms with Crippen LogP contribution in [0.3, 0.4) is 0 Å². The van der Waals surface area contributed by atoms with Crippen molar-refractivity contribution in [3.05, 3.63) is 35.9 Å². The smallest absolute Gasteiger partial charge is 0.191 e. The van der Waals surface area contributed by atoms with Gasteiger partial charge in [-0.25, -0.2) is 0 Å². The van der Waals surface area contributed by atoms with Crippen molar-refractivity contribution in [2.24, 2.45) is 4.99 Å². The number of hydrogen-bond acceptors (Lipinski definition) is 3. The number of rotatable bonds is 7. The molecular weight excluding hydrogens is 334 g/mol. The van der Waals surface area contributed by atoms with E-state index in [2.05, 4.69) is 27.8 Å². The highest BCUT2D eigenvalue weighted by Gasteiger charge is 2.26. The maximum absolute atomic E-state index is 12.1. The Kier molecular flexibility index (Phi) is 8.41. The average Bonchev–Trinajstić information content (AvgIpc) is 2.67. The third kappa shape index (κ3) is 6.12. The van der Waals surface area contributed by atoms with Crippen LogP contribution in [0.4, 0.5) is 0 Å². The van der Waals surface area contributed by atoms with Crippen LogP contribution in [0.1, 0.15) is 44.3 Å². The molecule has 5 nitrogen and oxygen atoms in total. The molecule has 2 N–H and O–H groups in total. The van der Waals surface area contributed by atoms with Crippen molar-refractivity contribution in [2.75, 3.05) is 26.5 Å². The van der Waals surface area contributed by atoms with Crippen molar-refractivity contribution in [1.82, 2.24) is 10.6 Å². The molecule has 1 aliphatic carbocycles. The molecule has 0 aromatic heterocycles. The molecule has 1 aromatic rings. The fourth-order valence-electron chi connectivity index (χ4n) is 3.33. The Bertz CT molecular complexity index is 565. The first-order valence-electron chi connectivity index (χ1n) is 9.10. The zero-order chi connectivity index (χ0) is 18.1. The third-order valence-corrected chi connectivity index (χ3v) is 6.50. The van der Waals surface area contributed by atoms with E-state index in [1.165, 1.54) is 0 Å². The molecule has 2 rings (SSSR count). The highest BCUT2D eigenvalue weighted by molar-refractivity contribution is 7.85. The van der Waals surface area contributed by atoms with Crippen molar-refractivity contribution in [2.45, 2.75) is 50.0 Å². The Morgan fingerprint density at radius 1 is 1.36 bits per heavy atom. The van der Waals surface area contributed by atoms with Crippen LogP contribution in [-0.4, -0.2) is 47.9 Å². The maximum atomic E-state index is 12.1. The summed E-state index contributed by atoms with van der Waals surface area (Å²) in [5.74, 6) is 1.53. The lowest BCUT2D eigenvalue weighted by atomic mass is 9.95. The number of nitrogens with one attached hydrogen (secondary N) is 2. The molecule has 0 spiro atoms.